The molecular weight excluding hydrogens is 314 g/mol. The summed E-state index contributed by atoms with van der Waals surface area (Å²) >= 11 is 3.45. The van der Waals surface area contributed by atoms with E-state index in [2.05, 4.69) is 27.0 Å². The van der Waals surface area contributed by atoms with Gasteiger partial charge in [-0.05, 0) is 44.2 Å². The Hall–Kier alpha value is -1.87. The molecule has 20 heavy (non-hydrogen) atoms. The highest BCUT2D eigenvalue weighted by Crippen LogP contribution is 2.25. The first-order valence-corrected chi connectivity index (χ1v) is 7.23. The number of hydrogen-bond acceptors (Lipinski definition) is 1. The largest absolute Gasteiger partial charge is 0.360 e. The zero-order chi connectivity index (χ0) is 14.3. The molecule has 0 aliphatic rings. The van der Waals surface area contributed by atoms with Crippen LogP contribution in [-0.4, -0.2) is 10.8 Å². The van der Waals surface area contributed by atoms with Gasteiger partial charge in [0.1, 0.15) is 0 Å². The summed E-state index contributed by atoms with van der Waals surface area (Å²) in [5.74, 6) is 0.0566. The fourth-order valence-electron chi connectivity index (χ4n) is 2.54. The maximum atomic E-state index is 12.7. The first-order chi connectivity index (χ1) is 9.54. The average molecular weight is 328 g/mol. The molecule has 0 atom stereocenters. The van der Waals surface area contributed by atoms with E-state index in [4.69, 9.17) is 0 Å². The molecule has 3 heteroatoms. The normalized spacial score (nSPS) is 10.9. The number of hydrogen-bond donors (Lipinski definition) is 1. The van der Waals surface area contributed by atoms with Crippen molar-refractivity contribution in [3.05, 3.63) is 69.3 Å². The van der Waals surface area contributed by atoms with E-state index in [0.29, 0.717) is 5.56 Å². The van der Waals surface area contributed by atoms with E-state index < -0.39 is 0 Å². The number of aromatic nitrogens is 1. The number of rotatable bonds is 2. The lowest BCUT2D eigenvalue weighted by Gasteiger charge is -2.04. The number of carbonyl (C=O) groups excluding carboxylic acids is 1. The highest BCUT2D eigenvalue weighted by Gasteiger charge is 2.15. The molecule has 0 aliphatic heterocycles. The van der Waals surface area contributed by atoms with Gasteiger partial charge in [0.2, 0.25) is 0 Å². The van der Waals surface area contributed by atoms with Gasteiger partial charge in [0.15, 0.2) is 5.78 Å². The molecule has 1 aromatic heterocycles. The number of fused-ring (bicyclic) bond motifs is 1. The van der Waals surface area contributed by atoms with Crippen molar-refractivity contribution in [3.63, 3.8) is 0 Å². The van der Waals surface area contributed by atoms with Crippen molar-refractivity contribution < 1.29 is 4.79 Å². The summed E-state index contributed by atoms with van der Waals surface area (Å²) in [4.78, 5) is 15.9. The zero-order valence-corrected chi connectivity index (χ0v) is 12.9. The molecule has 3 aromatic rings. The molecule has 3 rings (SSSR count). The second-order valence-electron chi connectivity index (χ2n) is 5.10. The summed E-state index contributed by atoms with van der Waals surface area (Å²) in [6.45, 7) is 4.02. The second kappa shape index (κ2) is 4.91. The molecule has 0 saturated heterocycles. The van der Waals surface area contributed by atoms with E-state index in [0.717, 1.165) is 32.1 Å². The van der Waals surface area contributed by atoms with Crippen LogP contribution in [0.15, 0.2) is 47.1 Å². The lowest BCUT2D eigenvalue weighted by Crippen LogP contribution is -2.01. The van der Waals surface area contributed by atoms with E-state index in [1.807, 2.05) is 44.2 Å². The van der Waals surface area contributed by atoms with Gasteiger partial charge in [0, 0.05) is 32.7 Å². The van der Waals surface area contributed by atoms with Gasteiger partial charge in [-0.1, -0.05) is 33.1 Å². The quantitative estimate of drug-likeness (QED) is 0.675. The van der Waals surface area contributed by atoms with Gasteiger partial charge in [-0.2, -0.15) is 0 Å². The lowest BCUT2D eigenvalue weighted by molar-refractivity contribution is 0.104. The van der Waals surface area contributed by atoms with Crippen LogP contribution in [-0.2, 0) is 0 Å². The van der Waals surface area contributed by atoms with E-state index >= 15 is 0 Å². The van der Waals surface area contributed by atoms with Crippen LogP contribution in [0.3, 0.4) is 0 Å². The van der Waals surface area contributed by atoms with Gasteiger partial charge in [-0.25, -0.2) is 0 Å². The zero-order valence-electron chi connectivity index (χ0n) is 11.3. The summed E-state index contributed by atoms with van der Waals surface area (Å²) in [7, 11) is 0. The number of ketones is 1. The lowest BCUT2D eigenvalue weighted by atomic mass is 9.99. The molecule has 0 fully saturated rings. The summed E-state index contributed by atoms with van der Waals surface area (Å²) in [6, 6.07) is 11.9. The molecule has 1 N–H and O–H groups in total. The smallest absolute Gasteiger partial charge is 0.195 e. The SMILES string of the molecule is Cc1cc(C)cc(C(=O)c2c[nH]c3ccc(Br)cc23)c1. The van der Waals surface area contributed by atoms with Crippen molar-refractivity contribution in [1.29, 1.82) is 0 Å². The third-order valence-electron chi connectivity index (χ3n) is 3.37. The number of halogens is 1. The molecule has 0 bridgehead atoms. The number of benzene rings is 2. The van der Waals surface area contributed by atoms with Gasteiger partial charge in [-0.3, -0.25) is 4.79 Å². The van der Waals surface area contributed by atoms with Crippen LogP contribution in [0, 0.1) is 13.8 Å². The van der Waals surface area contributed by atoms with Gasteiger partial charge < -0.3 is 4.98 Å². The van der Waals surface area contributed by atoms with Crippen LogP contribution in [0.1, 0.15) is 27.0 Å². The molecule has 0 spiro atoms. The Morgan fingerprint density at radius 3 is 2.45 bits per heavy atom. The standard InChI is InChI=1S/C17H14BrNO/c1-10-5-11(2)7-12(6-10)17(20)15-9-19-16-4-3-13(18)8-14(15)16/h3-9,19H,1-2H3. The Bertz CT molecular complexity index is 797. The van der Waals surface area contributed by atoms with Crippen LogP contribution in [0.2, 0.25) is 0 Å². The van der Waals surface area contributed by atoms with Crippen LogP contribution in [0.5, 0.6) is 0 Å². The van der Waals surface area contributed by atoms with Gasteiger partial charge >= 0.3 is 0 Å². The van der Waals surface area contributed by atoms with Gasteiger partial charge in [0.25, 0.3) is 0 Å². The molecule has 2 nitrogen and oxygen atoms in total. The highest BCUT2D eigenvalue weighted by atomic mass is 79.9. The summed E-state index contributed by atoms with van der Waals surface area (Å²) in [5, 5.41) is 0.948. The Morgan fingerprint density at radius 2 is 1.75 bits per heavy atom. The van der Waals surface area contributed by atoms with Crippen molar-refractivity contribution >= 4 is 32.6 Å². The minimum absolute atomic E-state index is 0.0566. The topological polar surface area (TPSA) is 32.9 Å². The monoisotopic (exact) mass is 327 g/mol. The maximum absolute atomic E-state index is 12.7. The average Bonchev–Trinajstić information content (AvgIpc) is 2.79. The number of nitrogens with one attached hydrogen (secondary N) is 1. The van der Waals surface area contributed by atoms with Gasteiger partial charge in [-0.15, -0.1) is 0 Å². The molecule has 0 aliphatic carbocycles. The third-order valence-corrected chi connectivity index (χ3v) is 3.87. The number of aromatic amines is 1. The van der Waals surface area contributed by atoms with E-state index in [1.54, 1.807) is 6.20 Å². The van der Waals surface area contributed by atoms with E-state index in [9.17, 15) is 4.79 Å². The molecule has 0 saturated carbocycles. The number of carbonyl (C=O) groups is 1. The Morgan fingerprint density at radius 1 is 1.05 bits per heavy atom. The third kappa shape index (κ3) is 2.29. The Balaban J connectivity index is 2.15. The first-order valence-electron chi connectivity index (χ1n) is 6.44. The molecule has 0 amide bonds. The number of H-pyrrole nitrogens is 1. The minimum Gasteiger partial charge on any atom is -0.360 e. The predicted molar refractivity (Wildman–Crippen MR) is 85.3 cm³/mol. The summed E-state index contributed by atoms with van der Waals surface area (Å²) in [5.41, 5.74) is 4.64. The van der Waals surface area contributed by atoms with E-state index in [1.165, 1.54) is 0 Å². The fraction of sp³-hybridized carbons (Fsp3) is 0.118. The first kappa shape index (κ1) is 13.1. The fourth-order valence-corrected chi connectivity index (χ4v) is 2.90. The van der Waals surface area contributed by atoms with Crippen LogP contribution in [0.25, 0.3) is 10.9 Å². The van der Waals surface area contributed by atoms with Crippen LogP contribution < -0.4 is 0 Å². The predicted octanol–water partition coefficient (Wildman–Crippen LogP) is 4.78. The molecule has 2 aromatic carbocycles. The van der Waals surface area contributed by atoms with Crippen molar-refractivity contribution in [2.24, 2.45) is 0 Å². The van der Waals surface area contributed by atoms with Crippen LogP contribution >= 0.6 is 15.9 Å². The molecule has 1 heterocycles. The molecule has 100 valence electrons. The van der Waals surface area contributed by atoms with E-state index in [-0.39, 0.29) is 5.78 Å². The molecular formula is C17H14BrNO. The number of aryl methyl sites for hydroxylation is 2. The Kier molecular flexibility index (Phi) is 3.22. The maximum Gasteiger partial charge on any atom is 0.195 e. The van der Waals surface area contributed by atoms with Crippen molar-refractivity contribution in [1.82, 2.24) is 4.98 Å². The van der Waals surface area contributed by atoms with Crippen LogP contribution in [0.4, 0.5) is 0 Å². The second-order valence-corrected chi connectivity index (χ2v) is 6.01. The van der Waals surface area contributed by atoms with Gasteiger partial charge in [0.05, 0.1) is 0 Å². The minimum atomic E-state index is 0.0566. The molecule has 0 unspecified atom stereocenters. The Labute approximate surface area is 126 Å². The van der Waals surface area contributed by atoms with Crippen molar-refractivity contribution in [2.45, 2.75) is 13.8 Å². The van der Waals surface area contributed by atoms with Crippen molar-refractivity contribution in [2.75, 3.05) is 0 Å². The highest BCUT2D eigenvalue weighted by molar-refractivity contribution is 9.10. The molecule has 0 radical (unpaired) electrons. The summed E-state index contributed by atoms with van der Waals surface area (Å²) < 4.78 is 0.971. The van der Waals surface area contributed by atoms with Crippen molar-refractivity contribution in [3.8, 4) is 0 Å². The summed E-state index contributed by atoms with van der Waals surface area (Å²) in [6.07, 6.45) is 1.79.